The first kappa shape index (κ1) is 17.1. The lowest BCUT2D eigenvalue weighted by molar-refractivity contribution is -0.137. The van der Waals surface area contributed by atoms with Gasteiger partial charge in [0, 0.05) is 5.41 Å². The molecule has 23 heavy (non-hydrogen) atoms. The minimum absolute atomic E-state index is 0.202. The first-order valence-electron chi connectivity index (χ1n) is 7.55. The van der Waals surface area contributed by atoms with Crippen LogP contribution < -0.4 is 5.32 Å². The summed E-state index contributed by atoms with van der Waals surface area (Å²) < 4.78 is 13.1. The van der Waals surface area contributed by atoms with Crippen molar-refractivity contribution >= 4 is 17.7 Å². The minimum atomic E-state index is -1.25. The predicted molar refractivity (Wildman–Crippen MR) is 83.1 cm³/mol. The van der Waals surface area contributed by atoms with Crippen molar-refractivity contribution < 1.29 is 18.8 Å². The number of rotatable bonds is 4. The molecular weight excluding hydrogens is 299 g/mol. The number of carbonyl (C=O) groups is 3. The van der Waals surface area contributed by atoms with Gasteiger partial charge in [-0.05, 0) is 24.1 Å². The molecule has 6 heteroatoms. The molecule has 2 rings (SSSR count). The van der Waals surface area contributed by atoms with Gasteiger partial charge in [0.25, 0.3) is 5.91 Å². The number of benzene rings is 1. The van der Waals surface area contributed by atoms with Crippen LogP contribution in [0.3, 0.4) is 0 Å². The van der Waals surface area contributed by atoms with Crippen LogP contribution in [0.1, 0.15) is 39.7 Å². The molecule has 0 aliphatic carbocycles. The van der Waals surface area contributed by atoms with Gasteiger partial charge in [0.05, 0.1) is 6.54 Å². The van der Waals surface area contributed by atoms with Gasteiger partial charge in [-0.15, -0.1) is 0 Å². The summed E-state index contributed by atoms with van der Waals surface area (Å²) in [6, 6.07) is 4.85. The zero-order valence-corrected chi connectivity index (χ0v) is 13.8. The van der Waals surface area contributed by atoms with Gasteiger partial charge in [-0.3, -0.25) is 14.5 Å². The van der Waals surface area contributed by atoms with E-state index < -0.39 is 28.7 Å². The van der Waals surface area contributed by atoms with Crippen molar-refractivity contribution in [2.45, 2.75) is 39.7 Å². The molecule has 1 atom stereocenters. The van der Waals surface area contributed by atoms with Crippen LogP contribution in [0.4, 0.5) is 9.18 Å². The molecule has 0 bridgehead atoms. The van der Waals surface area contributed by atoms with Gasteiger partial charge < -0.3 is 5.32 Å². The maximum absolute atomic E-state index is 13.1. The fraction of sp³-hybridized carbons (Fsp3) is 0.471. The van der Waals surface area contributed by atoms with Crippen LogP contribution in [0.25, 0.3) is 0 Å². The molecule has 1 aromatic rings. The molecule has 1 N–H and O–H groups in total. The zero-order valence-electron chi connectivity index (χ0n) is 13.8. The summed E-state index contributed by atoms with van der Waals surface area (Å²) in [6.45, 7) is 6.70. The molecule has 1 fully saturated rings. The second-order valence-corrected chi connectivity index (χ2v) is 6.76. The minimum Gasteiger partial charge on any atom is -0.319 e. The topological polar surface area (TPSA) is 66.5 Å². The van der Waals surface area contributed by atoms with Crippen molar-refractivity contribution in [1.82, 2.24) is 10.2 Å². The fourth-order valence-corrected chi connectivity index (χ4v) is 2.52. The molecule has 0 aromatic heterocycles. The summed E-state index contributed by atoms with van der Waals surface area (Å²) in [6.07, 6.45) is 0.309. The van der Waals surface area contributed by atoms with Gasteiger partial charge in [-0.1, -0.05) is 39.8 Å². The number of urea groups is 1. The molecule has 1 aromatic carbocycles. The Bertz CT molecular complexity index is 649. The Labute approximate surface area is 134 Å². The molecular formula is C17H21FN2O3. The first-order valence-corrected chi connectivity index (χ1v) is 7.55. The van der Waals surface area contributed by atoms with Gasteiger partial charge in [-0.2, -0.15) is 0 Å². The van der Waals surface area contributed by atoms with Crippen LogP contribution in [0.2, 0.25) is 0 Å². The van der Waals surface area contributed by atoms with E-state index in [4.69, 9.17) is 0 Å². The highest BCUT2D eigenvalue weighted by atomic mass is 19.1. The van der Waals surface area contributed by atoms with E-state index in [1.165, 1.54) is 24.3 Å². The normalized spacial score (nSPS) is 21.5. The molecule has 124 valence electrons. The lowest BCUT2D eigenvalue weighted by Gasteiger charge is -2.26. The lowest BCUT2D eigenvalue weighted by atomic mass is 9.86. The second-order valence-electron chi connectivity index (χ2n) is 6.76. The molecule has 1 aliphatic heterocycles. The van der Waals surface area contributed by atoms with Gasteiger partial charge in [0.2, 0.25) is 0 Å². The van der Waals surface area contributed by atoms with Crippen LogP contribution >= 0.6 is 0 Å². The van der Waals surface area contributed by atoms with Crippen LogP contribution in [-0.2, 0) is 15.1 Å². The highest BCUT2D eigenvalue weighted by Crippen LogP contribution is 2.33. The molecule has 1 aliphatic rings. The van der Waals surface area contributed by atoms with Gasteiger partial charge in [-0.25, -0.2) is 9.18 Å². The maximum atomic E-state index is 13.1. The number of nitrogens with one attached hydrogen (secondary N) is 1. The quantitative estimate of drug-likeness (QED) is 0.867. The summed E-state index contributed by atoms with van der Waals surface area (Å²) in [5.41, 5.74) is -1.39. The van der Waals surface area contributed by atoms with E-state index in [0.717, 1.165) is 4.90 Å². The zero-order chi connectivity index (χ0) is 17.4. The van der Waals surface area contributed by atoms with Gasteiger partial charge in [0.15, 0.2) is 5.78 Å². The van der Waals surface area contributed by atoms with Crippen molar-refractivity contribution in [3.63, 3.8) is 0 Å². The molecule has 3 amide bonds. The molecule has 0 unspecified atom stereocenters. The van der Waals surface area contributed by atoms with Crippen LogP contribution in [0.15, 0.2) is 24.3 Å². The van der Waals surface area contributed by atoms with Gasteiger partial charge in [0.1, 0.15) is 11.4 Å². The van der Waals surface area contributed by atoms with E-state index in [1.807, 2.05) is 0 Å². The van der Waals surface area contributed by atoms with E-state index in [0.29, 0.717) is 12.0 Å². The average molecular weight is 320 g/mol. The maximum Gasteiger partial charge on any atom is 0.325 e. The van der Waals surface area contributed by atoms with Crippen LogP contribution in [0, 0.1) is 11.2 Å². The Morgan fingerprint density at radius 1 is 1.22 bits per heavy atom. The van der Waals surface area contributed by atoms with Crippen LogP contribution in [0.5, 0.6) is 0 Å². The summed E-state index contributed by atoms with van der Waals surface area (Å²) in [5.74, 6) is -1.10. The second kappa shape index (κ2) is 5.76. The highest BCUT2D eigenvalue weighted by Gasteiger charge is 2.52. The third kappa shape index (κ3) is 2.98. The van der Waals surface area contributed by atoms with Crippen LogP contribution in [-0.4, -0.2) is 29.2 Å². The van der Waals surface area contributed by atoms with Crippen molar-refractivity contribution in [3.8, 4) is 0 Å². The van der Waals surface area contributed by atoms with E-state index in [1.54, 1.807) is 27.7 Å². The number of hydrogen-bond donors (Lipinski definition) is 1. The predicted octanol–water partition coefficient (Wildman–Crippen LogP) is 2.60. The number of carbonyl (C=O) groups excluding carboxylic acids is 3. The summed E-state index contributed by atoms with van der Waals surface area (Å²) in [5, 5.41) is 2.67. The number of hydrogen-bond acceptors (Lipinski definition) is 3. The SMILES string of the molecule is CC[C@@]1(c2ccc(F)cc2)NC(=O)N(CC(=O)C(C)(C)C)C1=O. The summed E-state index contributed by atoms with van der Waals surface area (Å²) in [7, 11) is 0. The number of halogens is 1. The number of imide groups is 1. The smallest absolute Gasteiger partial charge is 0.319 e. The van der Waals surface area contributed by atoms with Crippen molar-refractivity contribution in [3.05, 3.63) is 35.6 Å². The molecule has 0 radical (unpaired) electrons. The average Bonchev–Trinajstić information content (AvgIpc) is 2.72. The Hall–Kier alpha value is -2.24. The summed E-state index contributed by atoms with van der Waals surface area (Å²) in [4.78, 5) is 38.2. The monoisotopic (exact) mass is 320 g/mol. The molecule has 1 heterocycles. The van der Waals surface area contributed by atoms with E-state index in [2.05, 4.69) is 5.32 Å². The van der Waals surface area contributed by atoms with Crippen molar-refractivity contribution in [2.24, 2.45) is 5.41 Å². The van der Waals surface area contributed by atoms with E-state index in [9.17, 15) is 18.8 Å². The standard InChI is InChI=1S/C17H21FN2O3/c1-5-17(11-6-8-12(18)9-7-11)14(22)20(15(23)19-17)10-13(21)16(2,3)4/h6-9H,5,10H2,1-4H3,(H,19,23)/t17-/m0/s1. The highest BCUT2D eigenvalue weighted by molar-refractivity contribution is 6.09. The first-order chi connectivity index (χ1) is 10.6. The third-order valence-electron chi connectivity index (χ3n) is 4.18. The molecule has 1 saturated heterocycles. The largest absolute Gasteiger partial charge is 0.325 e. The Morgan fingerprint density at radius 3 is 2.26 bits per heavy atom. The molecule has 0 saturated carbocycles. The van der Waals surface area contributed by atoms with Crippen molar-refractivity contribution in [2.75, 3.05) is 6.54 Å². The Morgan fingerprint density at radius 2 is 1.78 bits per heavy atom. The van der Waals surface area contributed by atoms with E-state index in [-0.39, 0.29) is 12.3 Å². The Kier molecular flexibility index (Phi) is 4.28. The number of amides is 3. The van der Waals surface area contributed by atoms with E-state index >= 15 is 0 Å². The third-order valence-corrected chi connectivity index (χ3v) is 4.18. The molecule has 5 nitrogen and oxygen atoms in total. The van der Waals surface area contributed by atoms with Gasteiger partial charge >= 0.3 is 6.03 Å². The lowest BCUT2D eigenvalue weighted by Crippen LogP contribution is -2.44. The van der Waals surface area contributed by atoms with Crippen molar-refractivity contribution in [1.29, 1.82) is 0 Å². The summed E-state index contributed by atoms with van der Waals surface area (Å²) >= 11 is 0. The number of ketones is 1. The fourth-order valence-electron chi connectivity index (χ4n) is 2.52. The number of Topliss-reactive ketones (excluding diaryl/α,β-unsaturated/α-hetero) is 1. The molecule has 0 spiro atoms. The number of nitrogens with zero attached hydrogens (tertiary/aromatic N) is 1. The Balaban J connectivity index is 2.35.